The molecule has 1 rings (SSSR count). The average molecular weight is 298 g/mol. The van der Waals surface area contributed by atoms with Gasteiger partial charge in [-0.3, -0.25) is 4.79 Å². The number of amides is 1. The molecule has 0 aliphatic heterocycles. The van der Waals surface area contributed by atoms with Crippen molar-refractivity contribution in [1.29, 1.82) is 0 Å². The number of nitrogens with two attached hydrogens (primary N) is 1. The van der Waals surface area contributed by atoms with Crippen molar-refractivity contribution in [3.8, 4) is 0 Å². The fourth-order valence-electron chi connectivity index (χ4n) is 3.10. The van der Waals surface area contributed by atoms with Crippen molar-refractivity contribution >= 4 is 5.91 Å². The van der Waals surface area contributed by atoms with E-state index in [4.69, 9.17) is 5.73 Å². The maximum atomic E-state index is 12.0. The largest absolute Gasteiger partial charge is 0.388 e. The lowest BCUT2D eigenvalue weighted by atomic mass is 9.71. The van der Waals surface area contributed by atoms with Gasteiger partial charge in [-0.15, -0.1) is 0 Å². The van der Waals surface area contributed by atoms with E-state index < -0.39 is 5.60 Å². The van der Waals surface area contributed by atoms with Crippen LogP contribution in [0, 0.1) is 17.3 Å². The molecule has 0 radical (unpaired) electrons. The van der Waals surface area contributed by atoms with Gasteiger partial charge in [0.1, 0.15) is 0 Å². The fraction of sp³-hybridized carbons (Fsp3) is 0.941. The lowest BCUT2D eigenvalue weighted by Crippen LogP contribution is -2.47. The van der Waals surface area contributed by atoms with Crippen molar-refractivity contribution in [2.75, 3.05) is 13.1 Å². The van der Waals surface area contributed by atoms with Crippen LogP contribution in [0.15, 0.2) is 0 Å². The van der Waals surface area contributed by atoms with Gasteiger partial charge in [0.25, 0.3) is 0 Å². The van der Waals surface area contributed by atoms with Crippen LogP contribution >= 0.6 is 0 Å². The Morgan fingerprint density at radius 1 is 1.24 bits per heavy atom. The van der Waals surface area contributed by atoms with Crippen molar-refractivity contribution in [2.24, 2.45) is 23.0 Å². The van der Waals surface area contributed by atoms with Crippen molar-refractivity contribution in [1.82, 2.24) is 5.32 Å². The molecule has 1 amide bonds. The normalized spacial score (nSPS) is 22.0. The Hall–Kier alpha value is -0.610. The first kappa shape index (κ1) is 18.4. The van der Waals surface area contributed by atoms with Gasteiger partial charge < -0.3 is 16.2 Å². The molecule has 4 nitrogen and oxygen atoms in total. The highest BCUT2D eigenvalue weighted by molar-refractivity contribution is 5.76. The standard InChI is InChI=1S/C17H34N2O2/c1-13(2)9-14(11-18)10-15(20)19-12-17(21)7-5-16(3,4)6-8-17/h13-14,21H,5-12,18H2,1-4H3,(H,19,20). The van der Waals surface area contributed by atoms with E-state index in [1.165, 1.54) is 0 Å². The van der Waals surface area contributed by atoms with Gasteiger partial charge in [0, 0.05) is 13.0 Å². The monoisotopic (exact) mass is 298 g/mol. The Balaban J connectivity index is 2.35. The zero-order valence-corrected chi connectivity index (χ0v) is 14.2. The molecule has 1 aliphatic rings. The molecule has 0 aromatic heterocycles. The van der Waals surface area contributed by atoms with Crippen molar-refractivity contribution in [3.05, 3.63) is 0 Å². The predicted octanol–water partition coefficient (Wildman–Crippen LogP) is 2.45. The molecule has 1 aliphatic carbocycles. The summed E-state index contributed by atoms with van der Waals surface area (Å²) in [7, 11) is 0. The molecule has 0 heterocycles. The van der Waals surface area contributed by atoms with Crippen LogP contribution in [0.4, 0.5) is 0 Å². The van der Waals surface area contributed by atoms with Crippen LogP contribution in [0.5, 0.6) is 0 Å². The minimum Gasteiger partial charge on any atom is -0.388 e. The second-order valence-electron chi connectivity index (χ2n) is 8.10. The molecule has 0 aromatic rings. The zero-order valence-electron chi connectivity index (χ0n) is 14.2. The Kier molecular flexibility index (Phi) is 6.67. The predicted molar refractivity (Wildman–Crippen MR) is 86.8 cm³/mol. The second-order valence-corrected chi connectivity index (χ2v) is 8.10. The van der Waals surface area contributed by atoms with Gasteiger partial charge in [-0.2, -0.15) is 0 Å². The Bertz CT molecular complexity index is 330. The first-order valence-electron chi connectivity index (χ1n) is 8.35. The van der Waals surface area contributed by atoms with Crippen LogP contribution in [0.3, 0.4) is 0 Å². The fourth-order valence-corrected chi connectivity index (χ4v) is 3.10. The third-order valence-corrected chi connectivity index (χ3v) is 4.76. The Morgan fingerprint density at radius 3 is 2.29 bits per heavy atom. The SMILES string of the molecule is CC(C)CC(CN)CC(=O)NCC1(O)CCC(C)(C)CC1. The first-order chi connectivity index (χ1) is 9.66. The molecule has 0 bridgehead atoms. The second kappa shape index (κ2) is 7.59. The highest BCUT2D eigenvalue weighted by Crippen LogP contribution is 2.39. The Labute approximate surface area is 129 Å². The van der Waals surface area contributed by atoms with Gasteiger partial charge in [0.2, 0.25) is 5.91 Å². The maximum Gasteiger partial charge on any atom is 0.220 e. The summed E-state index contributed by atoms with van der Waals surface area (Å²) >= 11 is 0. The van der Waals surface area contributed by atoms with E-state index in [1.807, 2.05) is 0 Å². The third-order valence-electron chi connectivity index (χ3n) is 4.76. The molecule has 21 heavy (non-hydrogen) atoms. The highest BCUT2D eigenvalue weighted by atomic mass is 16.3. The van der Waals surface area contributed by atoms with E-state index in [2.05, 4.69) is 33.0 Å². The minimum atomic E-state index is -0.721. The summed E-state index contributed by atoms with van der Waals surface area (Å²) in [4.78, 5) is 12.0. The van der Waals surface area contributed by atoms with Crippen LogP contribution in [0.1, 0.15) is 66.2 Å². The van der Waals surface area contributed by atoms with Gasteiger partial charge >= 0.3 is 0 Å². The number of carbonyl (C=O) groups is 1. The zero-order chi connectivity index (χ0) is 16.1. The molecular weight excluding hydrogens is 264 g/mol. The summed E-state index contributed by atoms with van der Waals surface area (Å²) in [5, 5.41) is 13.5. The average Bonchev–Trinajstić information content (AvgIpc) is 2.39. The van der Waals surface area contributed by atoms with Gasteiger partial charge in [0.05, 0.1) is 5.60 Å². The molecule has 4 heteroatoms. The van der Waals surface area contributed by atoms with Crippen LogP contribution < -0.4 is 11.1 Å². The molecular formula is C17H34N2O2. The van der Waals surface area contributed by atoms with Crippen LogP contribution in [-0.4, -0.2) is 29.7 Å². The molecule has 124 valence electrons. The van der Waals surface area contributed by atoms with Crippen LogP contribution in [-0.2, 0) is 4.79 Å². The molecule has 1 atom stereocenters. The van der Waals surface area contributed by atoms with Crippen molar-refractivity contribution in [2.45, 2.75) is 71.8 Å². The first-order valence-corrected chi connectivity index (χ1v) is 8.35. The quantitative estimate of drug-likeness (QED) is 0.676. The van der Waals surface area contributed by atoms with Gasteiger partial charge in [-0.1, -0.05) is 27.7 Å². The van der Waals surface area contributed by atoms with E-state index in [0.717, 1.165) is 32.1 Å². The summed E-state index contributed by atoms with van der Waals surface area (Å²) in [6.45, 7) is 9.69. The van der Waals surface area contributed by atoms with Crippen molar-refractivity contribution < 1.29 is 9.90 Å². The van der Waals surface area contributed by atoms with Crippen LogP contribution in [0.25, 0.3) is 0 Å². The maximum absolute atomic E-state index is 12.0. The van der Waals surface area contributed by atoms with E-state index in [0.29, 0.717) is 30.8 Å². The summed E-state index contributed by atoms with van der Waals surface area (Å²) in [6, 6.07) is 0. The molecule has 0 spiro atoms. The smallest absolute Gasteiger partial charge is 0.220 e. The lowest BCUT2D eigenvalue weighted by molar-refractivity contribution is -0.124. The number of carbonyl (C=O) groups excluding carboxylic acids is 1. The molecule has 1 saturated carbocycles. The molecule has 0 saturated heterocycles. The van der Waals surface area contributed by atoms with Gasteiger partial charge in [-0.25, -0.2) is 0 Å². The molecule has 4 N–H and O–H groups in total. The topological polar surface area (TPSA) is 75.4 Å². The number of nitrogens with one attached hydrogen (secondary N) is 1. The number of rotatable bonds is 7. The van der Waals surface area contributed by atoms with E-state index >= 15 is 0 Å². The Morgan fingerprint density at radius 2 is 1.81 bits per heavy atom. The summed E-state index contributed by atoms with van der Waals surface area (Å²) in [5.41, 5.74) is 5.33. The summed E-state index contributed by atoms with van der Waals surface area (Å²) < 4.78 is 0. The van der Waals surface area contributed by atoms with Gasteiger partial charge in [0.15, 0.2) is 0 Å². The summed E-state index contributed by atoms with van der Waals surface area (Å²) in [6.07, 6.45) is 5.01. The highest BCUT2D eigenvalue weighted by Gasteiger charge is 2.36. The lowest BCUT2D eigenvalue weighted by Gasteiger charge is -2.40. The minimum absolute atomic E-state index is 0.0179. The van der Waals surface area contributed by atoms with E-state index in [-0.39, 0.29) is 11.8 Å². The number of aliphatic hydroxyl groups is 1. The summed E-state index contributed by atoms with van der Waals surface area (Å²) in [5.74, 6) is 0.811. The number of hydrogen-bond acceptors (Lipinski definition) is 3. The van der Waals surface area contributed by atoms with E-state index in [9.17, 15) is 9.90 Å². The number of hydrogen-bond donors (Lipinski definition) is 3. The van der Waals surface area contributed by atoms with Gasteiger partial charge in [-0.05, 0) is 55.9 Å². The molecule has 1 unspecified atom stereocenters. The van der Waals surface area contributed by atoms with Crippen molar-refractivity contribution in [3.63, 3.8) is 0 Å². The van der Waals surface area contributed by atoms with Crippen LogP contribution in [0.2, 0.25) is 0 Å². The molecule has 0 aromatic carbocycles. The third kappa shape index (κ3) is 6.79. The van der Waals surface area contributed by atoms with E-state index in [1.54, 1.807) is 0 Å². The molecule has 1 fully saturated rings.